The first-order valence-electron chi connectivity index (χ1n) is 11.8. The van der Waals surface area contributed by atoms with Gasteiger partial charge in [0.1, 0.15) is 22.5 Å². The van der Waals surface area contributed by atoms with Gasteiger partial charge in [0, 0.05) is 17.1 Å². The molecule has 0 amide bonds. The first-order valence-corrected chi connectivity index (χ1v) is 12.1. The highest BCUT2D eigenvalue weighted by molar-refractivity contribution is 6.30. The quantitative estimate of drug-likeness (QED) is 0.172. The van der Waals surface area contributed by atoms with Crippen molar-refractivity contribution in [1.29, 1.82) is 0 Å². The fourth-order valence-corrected chi connectivity index (χ4v) is 4.33. The van der Waals surface area contributed by atoms with Gasteiger partial charge in [-0.3, -0.25) is 4.98 Å². The van der Waals surface area contributed by atoms with Crippen LogP contribution in [-0.4, -0.2) is 4.98 Å². The molecule has 0 saturated heterocycles. The summed E-state index contributed by atoms with van der Waals surface area (Å²) >= 11 is 5.54. The Bertz CT molecular complexity index is 1260. The fraction of sp³-hybridized carbons (Fsp3) is 0.276. The summed E-state index contributed by atoms with van der Waals surface area (Å²) in [7, 11) is 0. The van der Waals surface area contributed by atoms with Crippen LogP contribution < -0.4 is 0 Å². The molecule has 0 fully saturated rings. The Balaban J connectivity index is 1.48. The molecule has 0 aliphatic rings. The fourth-order valence-electron chi connectivity index (χ4n) is 4.22. The molecule has 0 spiro atoms. The summed E-state index contributed by atoms with van der Waals surface area (Å²) in [5.74, 6) is -1.92. The van der Waals surface area contributed by atoms with Gasteiger partial charge in [-0.1, -0.05) is 68.1 Å². The lowest BCUT2D eigenvalue weighted by Gasteiger charge is -2.10. The van der Waals surface area contributed by atoms with Crippen LogP contribution in [0.5, 0.6) is 0 Å². The van der Waals surface area contributed by atoms with E-state index in [1.807, 2.05) is 30.5 Å². The van der Waals surface area contributed by atoms with Crippen molar-refractivity contribution >= 4 is 22.4 Å². The van der Waals surface area contributed by atoms with Crippen molar-refractivity contribution in [3.8, 4) is 11.3 Å². The normalized spacial score (nSPS) is 11.3. The van der Waals surface area contributed by atoms with Crippen molar-refractivity contribution in [1.82, 2.24) is 4.98 Å². The lowest BCUT2D eigenvalue weighted by molar-refractivity contribution is 0.579. The smallest absolute Gasteiger partial charge is 0.145 e. The van der Waals surface area contributed by atoms with Crippen LogP contribution >= 0.6 is 11.6 Å². The summed E-state index contributed by atoms with van der Waals surface area (Å²) in [5, 5.41) is 0.780. The van der Waals surface area contributed by atoms with Crippen LogP contribution in [-0.2, 0) is 19.3 Å². The van der Waals surface area contributed by atoms with Crippen LogP contribution in [0, 0.1) is 17.5 Å². The van der Waals surface area contributed by atoms with E-state index in [2.05, 4.69) is 18.0 Å². The number of aromatic nitrogens is 1. The Morgan fingerprint density at radius 2 is 1.56 bits per heavy atom. The molecule has 0 aliphatic carbocycles. The second-order valence-corrected chi connectivity index (χ2v) is 9.09. The number of fused-ring (bicyclic) bond motifs is 1. The Labute approximate surface area is 203 Å². The molecular formula is C29H27ClF3N. The second kappa shape index (κ2) is 11.1. The molecule has 176 valence electrons. The maximum atomic E-state index is 15.2. The Morgan fingerprint density at radius 1 is 0.765 bits per heavy atom. The minimum Gasteiger partial charge on any atom is -0.256 e. The van der Waals surface area contributed by atoms with E-state index < -0.39 is 16.7 Å². The molecule has 0 bridgehead atoms. The molecule has 0 unspecified atom stereocenters. The molecule has 34 heavy (non-hydrogen) atoms. The molecule has 4 rings (SSSR count). The SMILES string of the molecule is CCCCCCc1ccc(-c2ccc3c(F)c(CCc4cc(F)c(Cl)c(F)c4)ccc3c2)nc1. The van der Waals surface area contributed by atoms with Gasteiger partial charge in [0.05, 0.1) is 5.69 Å². The third kappa shape index (κ3) is 5.61. The van der Waals surface area contributed by atoms with E-state index in [1.165, 1.54) is 43.4 Å². The molecule has 0 radical (unpaired) electrons. The third-order valence-corrected chi connectivity index (χ3v) is 6.56. The van der Waals surface area contributed by atoms with Gasteiger partial charge in [-0.15, -0.1) is 0 Å². The Hall–Kier alpha value is -2.85. The lowest BCUT2D eigenvalue weighted by atomic mass is 9.98. The monoisotopic (exact) mass is 481 g/mol. The van der Waals surface area contributed by atoms with Crippen LogP contribution in [0.2, 0.25) is 5.02 Å². The zero-order valence-corrected chi connectivity index (χ0v) is 19.9. The zero-order valence-electron chi connectivity index (χ0n) is 19.2. The molecule has 0 aliphatic heterocycles. The first kappa shape index (κ1) is 24.3. The summed E-state index contributed by atoms with van der Waals surface area (Å²) in [6.07, 6.45) is 8.50. The summed E-state index contributed by atoms with van der Waals surface area (Å²) in [6, 6.07) is 15.7. The highest BCUT2D eigenvalue weighted by Gasteiger charge is 2.12. The number of unbranched alkanes of at least 4 members (excludes halogenated alkanes) is 3. The molecule has 1 heterocycles. The van der Waals surface area contributed by atoms with Gasteiger partial charge < -0.3 is 0 Å². The van der Waals surface area contributed by atoms with E-state index in [-0.39, 0.29) is 5.82 Å². The molecule has 0 N–H and O–H groups in total. The molecule has 5 heteroatoms. The van der Waals surface area contributed by atoms with Crippen molar-refractivity contribution < 1.29 is 13.2 Å². The number of rotatable bonds is 9. The third-order valence-electron chi connectivity index (χ3n) is 6.20. The first-order chi connectivity index (χ1) is 16.5. The highest BCUT2D eigenvalue weighted by Crippen LogP contribution is 2.28. The van der Waals surface area contributed by atoms with E-state index >= 15 is 4.39 Å². The highest BCUT2D eigenvalue weighted by atomic mass is 35.5. The summed E-state index contributed by atoms with van der Waals surface area (Å²) in [4.78, 5) is 4.61. The van der Waals surface area contributed by atoms with Crippen LogP contribution in [0.1, 0.15) is 49.3 Å². The van der Waals surface area contributed by atoms with E-state index in [1.54, 1.807) is 12.1 Å². The van der Waals surface area contributed by atoms with Crippen LogP contribution in [0.25, 0.3) is 22.0 Å². The predicted molar refractivity (Wildman–Crippen MR) is 134 cm³/mol. The van der Waals surface area contributed by atoms with Crippen molar-refractivity contribution in [2.75, 3.05) is 0 Å². The molecule has 0 atom stereocenters. The lowest BCUT2D eigenvalue weighted by Crippen LogP contribution is -1.98. The summed E-state index contributed by atoms with van der Waals surface area (Å²) in [6.45, 7) is 2.21. The van der Waals surface area contributed by atoms with Crippen LogP contribution in [0.15, 0.2) is 60.8 Å². The zero-order chi connectivity index (χ0) is 24.1. The summed E-state index contributed by atoms with van der Waals surface area (Å²) < 4.78 is 42.5. The number of hydrogen-bond donors (Lipinski definition) is 0. The second-order valence-electron chi connectivity index (χ2n) is 8.71. The van der Waals surface area contributed by atoms with Gasteiger partial charge in [-0.05, 0) is 72.0 Å². The van der Waals surface area contributed by atoms with Crippen molar-refractivity contribution in [3.63, 3.8) is 0 Å². The van der Waals surface area contributed by atoms with Gasteiger partial charge in [-0.25, -0.2) is 13.2 Å². The molecular weight excluding hydrogens is 455 g/mol. The largest absolute Gasteiger partial charge is 0.256 e. The van der Waals surface area contributed by atoms with Crippen molar-refractivity contribution in [2.24, 2.45) is 0 Å². The standard InChI is InChI=1S/C29H27ClF3N/c1-2-3-4-5-6-19-8-14-27(34-18-19)23-12-13-24-22(17-23)11-10-21(29(24)33)9-7-20-15-25(31)28(30)26(32)16-20/h8,10-18H,2-7,9H2,1H3. The van der Waals surface area contributed by atoms with E-state index in [0.29, 0.717) is 29.4 Å². The number of halogens is 4. The molecule has 1 nitrogen and oxygen atoms in total. The maximum absolute atomic E-state index is 15.2. The van der Waals surface area contributed by atoms with Gasteiger partial charge in [-0.2, -0.15) is 0 Å². The van der Waals surface area contributed by atoms with E-state index in [9.17, 15) is 8.78 Å². The van der Waals surface area contributed by atoms with Crippen molar-refractivity contribution in [2.45, 2.75) is 51.9 Å². The molecule has 0 saturated carbocycles. The minimum absolute atomic E-state index is 0.306. The average molecular weight is 482 g/mol. The number of benzene rings is 3. The topological polar surface area (TPSA) is 12.9 Å². The van der Waals surface area contributed by atoms with Gasteiger partial charge >= 0.3 is 0 Å². The number of nitrogens with zero attached hydrogens (tertiary/aromatic N) is 1. The summed E-state index contributed by atoms with van der Waals surface area (Å²) in [5.41, 5.74) is 3.97. The van der Waals surface area contributed by atoms with Gasteiger partial charge in [0.25, 0.3) is 0 Å². The predicted octanol–water partition coefficient (Wildman–Crippen LogP) is 8.88. The molecule has 3 aromatic carbocycles. The van der Waals surface area contributed by atoms with E-state index in [0.717, 1.165) is 23.1 Å². The van der Waals surface area contributed by atoms with Gasteiger partial charge in [0.2, 0.25) is 0 Å². The Kier molecular flexibility index (Phi) is 7.89. The van der Waals surface area contributed by atoms with Gasteiger partial charge in [0.15, 0.2) is 0 Å². The Morgan fingerprint density at radius 3 is 2.26 bits per heavy atom. The average Bonchev–Trinajstić information content (AvgIpc) is 2.85. The number of aryl methyl sites for hydroxylation is 3. The maximum Gasteiger partial charge on any atom is 0.145 e. The van der Waals surface area contributed by atoms with Crippen LogP contribution in [0.4, 0.5) is 13.2 Å². The number of hydrogen-bond acceptors (Lipinski definition) is 1. The molecule has 1 aromatic heterocycles. The molecule has 4 aromatic rings. The van der Waals surface area contributed by atoms with Crippen molar-refractivity contribution in [3.05, 3.63) is 100.0 Å². The van der Waals surface area contributed by atoms with Crippen LogP contribution in [0.3, 0.4) is 0 Å². The minimum atomic E-state index is -0.804. The number of pyridine rings is 1. The van der Waals surface area contributed by atoms with E-state index in [4.69, 9.17) is 11.6 Å².